The molecular formula is C18H22ClNO6. The summed E-state index contributed by atoms with van der Waals surface area (Å²) in [6, 6.07) is 6.16. The third-order valence-corrected chi connectivity index (χ3v) is 4.54. The first kappa shape index (κ1) is 20.0. The van der Waals surface area contributed by atoms with Crippen LogP contribution in [0, 0.1) is 5.92 Å². The van der Waals surface area contributed by atoms with E-state index in [4.69, 9.17) is 26.2 Å². The molecule has 1 aromatic carbocycles. The van der Waals surface area contributed by atoms with Crippen LogP contribution in [-0.4, -0.2) is 29.9 Å². The summed E-state index contributed by atoms with van der Waals surface area (Å²) < 4.78 is 9.85. The third kappa shape index (κ3) is 6.55. The lowest BCUT2D eigenvalue weighted by Crippen LogP contribution is -2.31. The van der Waals surface area contributed by atoms with E-state index in [0.29, 0.717) is 10.6 Å². The van der Waals surface area contributed by atoms with Gasteiger partial charge in [-0.2, -0.15) is 0 Å². The Kier molecular flexibility index (Phi) is 7.72. The molecule has 1 unspecified atom stereocenters. The van der Waals surface area contributed by atoms with Crippen LogP contribution in [0.15, 0.2) is 24.3 Å². The second-order valence-electron chi connectivity index (χ2n) is 6.18. The second-order valence-corrected chi connectivity index (χ2v) is 6.61. The first-order chi connectivity index (χ1) is 12.5. The predicted molar refractivity (Wildman–Crippen MR) is 93.6 cm³/mol. The number of carbonyl (C=O) groups is 3. The number of benzene rings is 1. The zero-order chi connectivity index (χ0) is 18.9. The number of alkyl carbamates (subject to hydrolysis) is 1. The molecule has 0 heterocycles. The maximum atomic E-state index is 11.9. The third-order valence-electron chi connectivity index (χ3n) is 4.29. The average Bonchev–Trinajstić information content (AvgIpc) is 3.14. The summed E-state index contributed by atoms with van der Waals surface area (Å²) in [6.07, 6.45) is 2.91. The van der Waals surface area contributed by atoms with E-state index in [1.165, 1.54) is 0 Å². The van der Waals surface area contributed by atoms with Crippen LogP contribution in [0.5, 0.6) is 0 Å². The van der Waals surface area contributed by atoms with Crippen molar-refractivity contribution in [2.24, 2.45) is 5.92 Å². The number of carboxylic acid groups (broad SMARTS) is 1. The molecule has 1 aliphatic rings. The van der Waals surface area contributed by atoms with Crippen LogP contribution in [-0.2, 0) is 19.1 Å². The van der Waals surface area contributed by atoms with Gasteiger partial charge in [0.05, 0.1) is 12.0 Å². The second kappa shape index (κ2) is 10.0. The first-order valence-corrected chi connectivity index (χ1v) is 8.90. The fourth-order valence-corrected chi connectivity index (χ4v) is 3.02. The van der Waals surface area contributed by atoms with E-state index >= 15 is 0 Å². The van der Waals surface area contributed by atoms with Gasteiger partial charge in [0.1, 0.15) is 0 Å². The highest BCUT2D eigenvalue weighted by atomic mass is 35.5. The van der Waals surface area contributed by atoms with Gasteiger partial charge in [0.25, 0.3) is 0 Å². The summed E-state index contributed by atoms with van der Waals surface area (Å²) in [7, 11) is 0. The number of nitrogens with one attached hydrogen (secondary N) is 1. The standard InChI is InChI=1S/C18H22ClNO6/c19-14-7-5-12(6-8-14)15(9-10-16(21)22)20-18(24)26-11-25-17(23)13-3-1-2-4-13/h5-8,13,15H,1-4,9-11H2,(H,20,24)(H,21,22). The molecule has 0 aliphatic heterocycles. The van der Waals surface area contributed by atoms with Gasteiger partial charge in [-0.15, -0.1) is 0 Å². The van der Waals surface area contributed by atoms with E-state index in [1.54, 1.807) is 24.3 Å². The number of halogens is 1. The van der Waals surface area contributed by atoms with Gasteiger partial charge in [0, 0.05) is 11.4 Å². The van der Waals surface area contributed by atoms with Crippen molar-refractivity contribution in [3.05, 3.63) is 34.9 Å². The largest absolute Gasteiger partial charge is 0.481 e. The Morgan fingerprint density at radius 2 is 1.81 bits per heavy atom. The Labute approximate surface area is 156 Å². The van der Waals surface area contributed by atoms with Crippen molar-refractivity contribution in [1.29, 1.82) is 0 Å². The van der Waals surface area contributed by atoms with Crippen molar-refractivity contribution in [2.45, 2.75) is 44.6 Å². The normalized spacial score (nSPS) is 15.3. The molecule has 1 saturated carbocycles. The zero-order valence-electron chi connectivity index (χ0n) is 14.3. The topological polar surface area (TPSA) is 102 Å². The van der Waals surface area contributed by atoms with Crippen molar-refractivity contribution in [1.82, 2.24) is 5.32 Å². The number of carboxylic acids is 1. The van der Waals surface area contributed by atoms with E-state index in [9.17, 15) is 14.4 Å². The molecule has 2 rings (SSSR count). The summed E-state index contributed by atoms with van der Waals surface area (Å²) in [5.74, 6) is -1.43. The lowest BCUT2D eigenvalue weighted by molar-refractivity contribution is -0.156. The molecule has 0 bridgehead atoms. The Balaban J connectivity index is 1.83. The van der Waals surface area contributed by atoms with Crippen molar-refractivity contribution >= 4 is 29.6 Å². The van der Waals surface area contributed by atoms with Crippen LogP contribution >= 0.6 is 11.6 Å². The van der Waals surface area contributed by atoms with E-state index in [0.717, 1.165) is 25.7 Å². The molecular weight excluding hydrogens is 362 g/mol. The maximum absolute atomic E-state index is 11.9. The number of amides is 1. The average molecular weight is 384 g/mol. The van der Waals surface area contributed by atoms with Crippen LogP contribution in [0.1, 0.15) is 50.1 Å². The van der Waals surface area contributed by atoms with Crippen molar-refractivity contribution in [3.63, 3.8) is 0 Å². The van der Waals surface area contributed by atoms with E-state index in [1.807, 2.05) is 0 Å². The first-order valence-electron chi connectivity index (χ1n) is 8.53. The number of aliphatic carboxylic acids is 1. The van der Waals surface area contributed by atoms with Gasteiger partial charge in [-0.1, -0.05) is 36.6 Å². The van der Waals surface area contributed by atoms with Crippen LogP contribution in [0.4, 0.5) is 4.79 Å². The fraction of sp³-hybridized carbons (Fsp3) is 0.500. The zero-order valence-corrected chi connectivity index (χ0v) is 15.0. The highest BCUT2D eigenvalue weighted by Gasteiger charge is 2.24. The summed E-state index contributed by atoms with van der Waals surface area (Å²) >= 11 is 5.85. The van der Waals surface area contributed by atoms with Crippen LogP contribution in [0.2, 0.25) is 5.02 Å². The molecule has 0 aromatic heterocycles. The van der Waals surface area contributed by atoms with Crippen LogP contribution < -0.4 is 5.32 Å². The van der Waals surface area contributed by atoms with E-state index in [-0.39, 0.29) is 24.7 Å². The molecule has 1 atom stereocenters. The molecule has 1 aliphatic carbocycles. The molecule has 1 fully saturated rings. The molecule has 7 nitrogen and oxygen atoms in total. The monoisotopic (exact) mass is 383 g/mol. The smallest absolute Gasteiger partial charge is 0.410 e. The SMILES string of the molecule is O=C(O)CCC(NC(=O)OCOC(=O)C1CCCC1)c1ccc(Cl)cc1. The Morgan fingerprint density at radius 1 is 1.15 bits per heavy atom. The van der Waals surface area contributed by atoms with Gasteiger partial charge < -0.3 is 19.9 Å². The molecule has 142 valence electrons. The number of hydrogen-bond acceptors (Lipinski definition) is 5. The molecule has 1 amide bonds. The minimum atomic E-state index is -0.968. The number of esters is 1. The molecule has 0 spiro atoms. The van der Waals surface area contributed by atoms with Crippen molar-refractivity contribution in [3.8, 4) is 0 Å². The summed E-state index contributed by atoms with van der Waals surface area (Å²) in [5.41, 5.74) is 0.704. The highest BCUT2D eigenvalue weighted by Crippen LogP contribution is 2.25. The Morgan fingerprint density at radius 3 is 2.42 bits per heavy atom. The lowest BCUT2D eigenvalue weighted by Gasteiger charge is -2.18. The summed E-state index contributed by atoms with van der Waals surface area (Å²) in [6.45, 7) is -0.465. The number of ether oxygens (including phenoxy) is 2. The van der Waals surface area contributed by atoms with Crippen LogP contribution in [0.25, 0.3) is 0 Å². The van der Waals surface area contributed by atoms with Gasteiger partial charge in [0.15, 0.2) is 0 Å². The molecule has 0 saturated heterocycles. The van der Waals surface area contributed by atoms with Crippen molar-refractivity contribution < 1.29 is 29.0 Å². The van der Waals surface area contributed by atoms with Gasteiger partial charge >= 0.3 is 18.0 Å². The minimum Gasteiger partial charge on any atom is -0.481 e. The minimum absolute atomic E-state index is 0.112. The predicted octanol–water partition coefficient (Wildman–Crippen LogP) is 3.66. The van der Waals surface area contributed by atoms with Gasteiger partial charge in [-0.05, 0) is 37.0 Å². The quantitative estimate of drug-likeness (QED) is 0.524. The maximum Gasteiger partial charge on any atom is 0.410 e. The molecule has 8 heteroatoms. The highest BCUT2D eigenvalue weighted by molar-refractivity contribution is 6.30. The van der Waals surface area contributed by atoms with Crippen LogP contribution in [0.3, 0.4) is 0 Å². The Bertz CT molecular complexity index is 627. The Hall–Kier alpha value is -2.28. The van der Waals surface area contributed by atoms with E-state index in [2.05, 4.69) is 5.32 Å². The number of carbonyl (C=O) groups excluding carboxylic acids is 2. The van der Waals surface area contributed by atoms with Gasteiger partial charge in [-0.3, -0.25) is 9.59 Å². The molecule has 26 heavy (non-hydrogen) atoms. The van der Waals surface area contributed by atoms with Crippen molar-refractivity contribution in [2.75, 3.05) is 6.79 Å². The molecule has 0 radical (unpaired) electrons. The van der Waals surface area contributed by atoms with Gasteiger partial charge in [0.2, 0.25) is 6.79 Å². The van der Waals surface area contributed by atoms with E-state index < -0.39 is 24.9 Å². The lowest BCUT2D eigenvalue weighted by atomic mass is 10.0. The van der Waals surface area contributed by atoms with Gasteiger partial charge in [-0.25, -0.2) is 4.79 Å². The fourth-order valence-electron chi connectivity index (χ4n) is 2.89. The summed E-state index contributed by atoms with van der Waals surface area (Å²) in [4.78, 5) is 34.5. The molecule has 2 N–H and O–H groups in total. The number of hydrogen-bond donors (Lipinski definition) is 2. The summed E-state index contributed by atoms with van der Waals surface area (Å²) in [5, 5.41) is 12.0. The number of rotatable bonds is 8. The molecule has 1 aromatic rings.